The van der Waals surface area contributed by atoms with E-state index in [2.05, 4.69) is 59.6 Å². The maximum absolute atomic E-state index is 12.8. The number of hydrogen-bond donors (Lipinski definition) is 1. The predicted octanol–water partition coefficient (Wildman–Crippen LogP) is 3.66. The zero-order valence-corrected chi connectivity index (χ0v) is 18.5. The number of rotatable bonds is 6. The molecule has 6 nitrogen and oxygen atoms in total. The number of pyridine rings is 1. The Bertz CT molecular complexity index is 906. The van der Waals surface area contributed by atoms with E-state index in [1.807, 2.05) is 17.0 Å². The van der Waals surface area contributed by atoms with Crippen molar-refractivity contribution >= 4 is 17.6 Å². The smallest absolute Gasteiger partial charge is 0.227 e. The van der Waals surface area contributed by atoms with Crippen molar-refractivity contribution in [2.75, 3.05) is 32.5 Å². The highest BCUT2D eigenvalue weighted by Crippen LogP contribution is 2.52. The van der Waals surface area contributed by atoms with Crippen molar-refractivity contribution in [2.45, 2.75) is 44.1 Å². The normalized spacial score (nSPS) is 25.9. The van der Waals surface area contributed by atoms with Gasteiger partial charge in [0.2, 0.25) is 11.8 Å². The first kappa shape index (κ1) is 21.5. The lowest BCUT2D eigenvalue weighted by molar-refractivity contribution is -0.128. The third-order valence-electron chi connectivity index (χ3n) is 7.25. The van der Waals surface area contributed by atoms with Gasteiger partial charge in [-0.2, -0.15) is 0 Å². The molecular formula is C25H32N4O2. The molecule has 2 aliphatic rings. The fourth-order valence-corrected chi connectivity index (χ4v) is 5.34. The Labute approximate surface area is 184 Å². The van der Waals surface area contributed by atoms with Crippen LogP contribution in [0.25, 0.3) is 0 Å². The quantitative estimate of drug-likeness (QED) is 0.775. The molecule has 1 N–H and O–H groups in total. The number of amides is 2. The molecule has 0 radical (unpaired) electrons. The fourth-order valence-electron chi connectivity index (χ4n) is 5.34. The van der Waals surface area contributed by atoms with Crippen LogP contribution < -0.4 is 5.32 Å². The first-order chi connectivity index (χ1) is 14.9. The summed E-state index contributed by atoms with van der Waals surface area (Å²) in [6, 6.07) is 16.2. The Morgan fingerprint density at radius 1 is 1.06 bits per heavy atom. The molecule has 2 heterocycles. The van der Waals surface area contributed by atoms with Gasteiger partial charge in [0.25, 0.3) is 0 Å². The van der Waals surface area contributed by atoms with Crippen LogP contribution in [-0.4, -0.2) is 53.8 Å². The fraction of sp³-hybridized carbons (Fsp3) is 0.480. The highest BCUT2D eigenvalue weighted by atomic mass is 16.2. The van der Waals surface area contributed by atoms with Crippen molar-refractivity contribution in [3.8, 4) is 0 Å². The minimum absolute atomic E-state index is 0.0333. The lowest BCUT2D eigenvalue weighted by Crippen LogP contribution is -2.47. The number of benzene rings is 1. The maximum atomic E-state index is 12.8. The third kappa shape index (κ3) is 4.49. The van der Waals surface area contributed by atoms with Crippen molar-refractivity contribution in [1.82, 2.24) is 14.8 Å². The molecule has 1 aliphatic heterocycles. The van der Waals surface area contributed by atoms with Gasteiger partial charge in [0, 0.05) is 37.7 Å². The second kappa shape index (κ2) is 8.79. The number of nitrogens with one attached hydrogen (secondary N) is 1. The lowest BCUT2D eigenvalue weighted by atomic mass is 9.64. The van der Waals surface area contributed by atoms with E-state index < -0.39 is 0 Å². The van der Waals surface area contributed by atoms with E-state index in [-0.39, 0.29) is 22.8 Å². The highest BCUT2D eigenvalue weighted by Gasteiger charge is 2.50. The van der Waals surface area contributed by atoms with Gasteiger partial charge in [-0.25, -0.2) is 4.98 Å². The first-order valence-electron chi connectivity index (χ1n) is 11.1. The van der Waals surface area contributed by atoms with Crippen LogP contribution in [0.1, 0.15) is 44.1 Å². The van der Waals surface area contributed by atoms with E-state index in [0.717, 1.165) is 32.2 Å². The molecule has 1 aromatic carbocycles. The Morgan fingerprint density at radius 3 is 2.42 bits per heavy atom. The Hall–Kier alpha value is -2.73. The summed E-state index contributed by atoms with van der Waals surface area (Å²) in [5.74, 6) is 0.624. The molecule has 1 saturated carbocycles. The van der Waals surface area contributed by atoms with Gasteiger partial charge in [0.05, 0.1) is 0 Å². The largest absolute Gasteiger partial charge is 0.342 e. The van der Waals surface area contributed by atoms with Crippen LogP contribution >= 0.6 is 0 Å². The predicted molar refractivity (Wildman–Crippen MR) is 121 cm³/mol. The van der Waals surface area contributed by atoms with E-state index in [1.165, 1.54) is 5.56 Å². The number of aromatic nitrogens is 1. The van der Waals surface area contributed by atoms with E-state index in [0.29, 0.717) is 25.2 Å². The molecule has 2 fully saturated rings. The SMILES string of the molecule is CN(C)C1(c2ccccc2)CCC2(CC1)CC(=O)N(CCC(=O)Nc1ccccn1)C2. The van der Waals surface area contributed by atoms with Gasteiger partial charge in [-0.15, -0.1) is 0 Å². The van der Waals surface area contributed by atoms with E-state index in [1.54, 1.807) is 12.3 Å². The summed E-state index contributed by atoms with van der Waals surface area (Å²) in [7, 11) is 4.33. The molecule has 1 spiro atoms. The van der Waals surface area contributed by atoms with Crippen LogP contribution in [-0.2, 0) is 15.1 Å². The minimum Gasteiger partial charge on any atom is -0.342 e. The number of carbonyl (C=O) groups excluding carboxylic acids is 2. The van der Waals surface area contributed by atoms with Gasteiger partial charge >= 0.3 is 0 Å². The molecule has 0 unspecified atom stereocenters. The number of likely N-dealkylation sites (tertiary alicyclic amines) is 1. The van der Waals surface area contributed by atoms with Gasteiger partial charge in [-0.3, -0.25) is 14.5 Å². The van der Waals surface area contributed by atoms with Crippen LogP contribution in [0.5, 0.6) is 0 Å². The summed E-state index contributed by atoms with van der Waals surface area (Å²) in [5.41, 5.74) is 1.44. The first-order valence-corrected chi connectivity index (χ1v) is 11.1. The second-order valence-electron chi connectivity index (χ2n) is 9.30. The van der Waals surface area contributed by atoms with Crippen molar-refractivity contribution in [1.29, 1.82) is 0 Å². The van der Waals surface area contributed by atoms with Crippen LogP contribution in [0.15, 0.2) is 54.7 Å². The third-order valence-corrected chi connectivity index (χ3v) is 7.25. The zero-order chi connectivity index (χ0) is 21.9. The van der Waals surface area contributed by atoms with Gasteiger partial charge in [0.1, 0.15) is 5.82 Å². The molecule has 2 aromatic rings. The summed E-state index contributed by atoms with van der Waals surface area (Å²) in [6.07, 6.45) is 6.70. The molecule has 6 heteroatoms. The summed E-state index contributed by atoms with van der Waals surface area (Å²) < 4.78 is 0. The number of nitrogens with zero attached hydrogens (tertiary/aromatic N) is 3. The second-order valence-corrected chi connectivity index (χ2v) is 9.30. The summed E-state index contributed by atoms with van der Waals surface area (Å²) in [5, 5.41) is 2.80. The average Bonchev–Trinajstić information content (AvgIpc) is 3.09. The molecule has 0 bridgehead atoms. The Morgan fingerprint density at radius 2 is 1.77 bits per heavy atom. The Balaban J connectivity index is 1.35. The molecule has 0 atom stereocenters. The topological polar surface area (TPSA) is 65.5 Å². The summed E-state index contributed by atoms with van der Waals surface area (Å²) >= 11 is 0. The van der Waals surface area contributed by atoms with Gasteiger partial charge in [0.15, 0.2) is 0 Å². The van der Waals surface area contributed by atoms with Crippen LogP contribution in [0.4, 0.5) is 5.82 Å². The van der Waals surface area contributed by atoms with Crippen LogP contribution in [0.2, 0.25) is 0 Å². The highest BCUT2D eigenvalue weighted by molar-refractivity contribution is 5.90. The van der Waals surface area contributed by atoms with Crippen LogP contribution in [0.3, 0.4) is 0 Å². The van der Waals surface area contributed by atoms with Crippen molar-refractivity contribution in [3.63, 3.8) is 0 Å². The monoisotopic (exact) mass is 420 g/mol. The Kier molecular flexibility index (Phi) is 6.10. The van der Waals surface area contributed by atoms with Gasteiger partial charge < -0.3 is 10.2 Å². The molecule has 2 amide bonds. The van der Waals surface area contributed by atoms with Crippen molar-refractivity contribution < 1.29 is 9.59 Å². The molecule has 164 valence electrons. The zero-order valence-electron chi connectivity index (χ0n) is 18.5. The van der Waals surface area contributed by atoms with E-state index >= 15 is 0 Å². The molecule has 31 heavy (non-hydrogen) atoms. The van der Waals surface area contributed by atoms with E-state index in [9.17, 15) is 9.59 Å². The minimum atomic E-state index is -0.105. The number of carbonyl (C=O) groups is 2. The summed E-state index contributed by atoms with van der Waals surface area (Å²) in [4.78, 5) is 33.4. The van der Waals surface area contributed by atoms with E-state index in [4.69, 9.17) is 0 Å². The molecule has 1 saturated heterocycles. The maximum Gasteiger partial charge on any atom is 0.227 e. The van der Waals surface area contributed by atoms with Gasteiger partial charge in [-0.05, 0) is 62.9 Å². The molecule has 4 rings (SSSR count). The number of anilines is 1. The molecule has 1 aromatic heterocycles. The van der Waals surface area contributed by atoms with Crippen molar-refractivity contribution in [3.05, 3.63) is 60.3 Å². The average molecular weight is 421 g/mol. The standard InChI is InChI=1S/C25H32N4O2/c1-28(2)25(20-8-4-3-5-9-20)14-12-24(13-15-25)18-23(31)29(19-24)17-11-22(30)27-21-10-6-7-16-26-21/h3-10,16H,11-15,17-19H2,1-2H3,(H,26,27,30). The van der Waals surface area contributed by atoms with Crippen molar-refractivity contribution in [2.24, 2.45) is 5.41 Å². The van der Waals surface area contributed by atoms with Crippen LogP contribution in [0, 0.1) is 5.41 Å². The summed E-state index contributed by atoms with van der Waals surface area (Å²) in [6.45, 7) is 1.23. The molecule has 1 aliphatic carbocycles. The van der Waals surface area contributed by atoms with Gasteiger partial charge in [-0.1, -0.05) is 36.4 Å². The number of hydrogen-bond acceptors (Lipinski definition) is 4. The lowest BCUT2D eigenvalue weighted by Gasteiger charge is -2.48. The molecular weight excluding hydrogens is 388 g/mol.